The minimum atomic E-state index is -3.24. The highest BCUT2D eigenvalue weighted by molar-refractivity contribution is 7.90. The molecule has 2 rings (SSSR count). The van der Waals surface area contributed by atoms with E-state index in [2.05, 4.69) is 0 Å². The first-order valence-corrected chi connectivity index (χ1v) is 9.16. The van der Waals surface area contributed by atoms with Crippen molar-refractivity contribution < 1.29 is 17.9 Å². The summed E-state index contributed by atoms with van der Waals surface area (Å²) in [7, 11) is -3.24. The van der Waals surface area contributed by atoms with Crippen molar-refractivity contribution in [3.05, 3.63) is 59.2 Å². The SMILES string of the molecule is Cc1ccc(C(=O)C(C)Oc2ccc(S(C)(=O)=O)cc2)cc1C. The molecule has 0 aromatic heterocycles. The molecule has 0 radical (unpaired) electrons. The van der Waals surface area contributed by atoms with Gasteiger partial charge < -0.3 is 4.74 Å². The zero-order valence-corrected chi connectivity index (χ0v) is 14.5. The maximum absolute atomic E-state index is 12.4. The number of Topliss-reactive ketones (excluding diaryl/α,β-unsaturated/α-hetero) is 1. The van der Waals surface area contributed by atoms with Crippen LogP contribution in [0.4, 0.5) is 0 Å². The second-order valence-electron chi connectivity index (χ2n) is 5.67. The van der Waals surface area contributed by atoms with E-state index in [0.717, 1.165) is 17.4 Å². The molecule has 122 valence electrons. The third kappa shape index (κ3) is 4.20. The van der Waals surface area contributed by atoms with Crippen LogP contribution in [0.1, 0.15) is 28.4 Å². The third-order valence-corrected chi connectivity index (χ3v) is 4.85. The van der Waals surface area contributed by atoms with E-state index in [9.17, 15) is 13.2 Å². The van der Waals surface area contributed by atoms with Crippen molar-refractivity contribution in [2.45, 2.75) is 31.8 Å². The summed E-state index contributed by atoms with van der Waals surface area (Å²) in [6.45, 7) is 5.64. The number of sulfone groups is 1. The van der Waals surface area contributed by atoms with E-state index < -0.39 is 15.9 Å². The van der Waals surface area contributed by atoms with Crippen molar-refractivity contribution in [3.8, 4) is 5.75 Å². The molecule has 0 aliphatic heterocycles. The third-order valence-electron chi connectivity index (χ3n) is 3.73. The van der Waals surface area contributed by atoms with Crippen LogP contribution in [-0.2, 0) is 9.84 Å². The van der Waals surface area contributed by atoms with Crippen LogP contribution in [0.2, 0.25) is 0 Å². The van der Waals surface area contributed by atoms with Gasteiger partial charge in [0, 0.05) is 11.8 Å². The van der Waals surface area contributed by atoms with Gasteiger partial charge in [-0.25, -0.2) is 8.42 Å². The number of hydrogen-bond acceptors (Lipinski definition) is 4. The average Bonchev–Trinajstić information content (AvgIpc) is 2.49. The second kappa shape index (κ2) is 6.54. The predicted molar refractivity (Wildman–Crippen MR) is 89.9 cm³/mol. The monoisotopic (exact) mass is 332 g/mol. The van der Waals surface area contributed by atoms with Gasteiger partial charge in [0.1, 0.15) is 5.75 Å². The number of aryl methyl sites for hydroxylation is 2. The zero-order chi connectivity index (χ0) is 17.2. The summed E-state index contributed by atoms with van der Waals surface area (Å²) in [5.74, 6) is 0.349. The summed E-state index contributed by atoms with van der Waals surface area (Å²) < 4.78 is 28.5. The van der Waals surface area contributed by atoms with Gasteiger partial charge in [-0.1, -0.05) is 12.1 Å². The number of rotatable bonds is 5. The van der Waals surface area contributed by atoms with Gasteiger partial charge in [-0.2, -0.15) is 0 Å². The minimum absolute atomic E-state index is 0.111. The van der Waals surface area contributed by atoms with Crippen molar-refractivity contribution in [2.24, 2.45) is 0 Å². The molecule has 1 atom stereocenters. The lowest BCUT2D eigenvalue weighted by Crippen LogP contribution is -2.24. The van der Waals surface area contributed by atoms with Gasteiger partial charge in [0.25, 0.3) is 0 Å². The van der Waals surface area contributed by atoms with E-state index in [1.54, 1.807) is 25.1 Å². The Balaban J connectivity index is 2.13. The number of carbonyl (C=O) groups excluding carboxylic acids is 1. The Labute approximate surface area is 137 Å². The molecule has 0 aliphatic rings. The van der Waals surface area contributed by atoms with E-state index in [1.165, 1.54) is 12.1 Å². The van der Waals surface area contributed by atoms with Crippen LogP contribution in [0.3, 0.4) is 0 Å². The van der Waals surface area contributed by atoms with Crippen molar-refractivity contribution in [3.63, 3.8) is 0 Å². The summed E-state index contributed by atoms with van der Waals surface area (Å²) in [4.78, 5) is 12.6. The van der Waals surface area contributed by atoms with Crippen molar-refractivity contribution >= 4 is 15.6 Å². The summed E-state index contributed by atoms with van der Waals surface area (Å²) in [5.41, 5.74) is 2.79. The van der Waals surface area contributed by atoms with E-state index in [4.69, 9.17) is 4.74 Å². The molecule has 0 N–H and O–H groups in total. The van der Waals surface area contributed by atoms with Crippen LogP contribution < -0.4 is 4.74 Å². The Bertz CT molecular complexity index is 821. The standard InChI is InChI=1S/C18H20O4S/c1-12-5-6-15(11-13(12)2)18(19)14(3)22-16-7-9-17(10-8-16)23(4,20)21/h5-11,14H,1-4H3. The molecule has 0 bridgehead atoms. The van der Waals surface area contributed by atoms with Crippen LogP contribution in [0, 0.1) is 13.8 Å². The molecule has 0 saturated carbocycles. The van der Waals surface area contributed by atoms with Crippen LogP contribution in [-0.4, -0.2) is 26.6 Å². The van der Waals surface area contributed by atoms with Crippen molar-refractivity contribution in [1.82, 2.24) is 0 Å². The fraction of sp³-hybridized carbons (Fsp3) is 0.278. The Morgan fingerprint density at radius 2 is 1.61 bits per heavy atom. The van der Waals surface area contributed by atoms with Crippen molar-refractivity contribution in [1.29, 1.82) is 0 Å². The molecule has 0 fully saturated rings. The lowest BCUT2D eigenvalue weighted by Gasteiger charge is -2.14. The number of benzene rings is 2. The molecular formula is C18H20O4S. The molecule has 1 unspecified atom stereocenters. The van der Waals surface area contributed by atoms with Crippen LogP contribution >= 0.6 is 0 Å². The predicted octanol–water partition coefficient (Wildman–Crippen LogP) is 3.36. The van der Waals surface area contributed by atoms with Gasteiger partial charge in [-0.3, -0.25) is 4.79 Å². The maximum atomic E-state index is 12.4. The maximum Gasteiger partial charge on any atom is 0.203 e. The summed E-state index contributed by atoms with van der Waals surface area (Å²) >= 11 is 0. The second-order valence-corrected chi connectivity index (χ2v) is 7.68. The molecular weight excluding hydrogens is 312 g/mol. The summed E-state index contributed by atoms with van der Waals surface area (Å²) in [5, 5.41) is 0. The minimum Gasteiger partial charge on any atom is -0.483 e. The molecule has 0 heterocycles. The molecule has 0 spiro atoms. The smallest absolute Gasteiger partial charge is 0.203 e. The molecule has 0 aliphatic carbocycles. The highest BCUT2D eigenvalue weighted by atomic mass is 32.2. The lowest BCUT2D eigenvalue weighted by molar-refractivity contribution is 0.0818. The zero-order valence-electron chi connectivity index (χ0n) is 13.7. The highest BCUT2D eigenvalue weighted by Crippen LogP contribution is 2.19. The fourth-order valence-electron chi connectivity index (χ4n) is 2.15. The first-order chi connectivity index (χ1) is 10.7. The molecule has 2 aromatic carbocycles. The molecule has 4 nitrogen and oxygen atoms in total. The van der Waals surface area contributed by atoms with Crippen LogP contribution in [0.15, 0.2) is 47.4 Å². The van der Waals surface area contributed by atoms with E-state index in [-0.39, 0.29) is 10.7 Å². The van der Waals surface area contributed by atoms with E-state index in [1.807, 2.05) is 26.0 Å². The summed E-state index contributed by atoms with van der Waals surface area (Å²) in [6, 6.07) is 11.6. The Kier molecular flexibility index (Phi) is 4.90. The Hall–Kier alpha value is -2.14. The number of carbonyl (C=O) groups is 1. The number of ketones is 1. The van der Waals surface area contributed by atoms with Crippen molar-refractivity contribution in [2.75, 3.05) is 6.26 Å². The Morgan fingerprint density at radius 1 is 1.00 bits per heavy atom. The average molecular weight is 332 g/mol. The van der Waals surface area contributed by atoms with E-state index >= 15 is 0 Å². The van der Waals surface area contributed by atoms with Gasteiger partial charge in [-0.15, -0.1) is 0 Å². The number of hydrogen-bond donors (Lipinski definition) is 0. The van der Waals surface area contributed by atoms with Gasteiger partial charge in [0.2, 0.25) is 5.78 Å². The molecule has 0 amide bonds. The van der Waals surface area contributed by atoms with Gasteiger partial charge in [-0.05, 0) is 62.2 Å². The lowest BCUT2D eigenvalue weighted by atomic mass is 10.0. The molecule has 2 aromatic rings. The summed E-state index contributed by atoms with van der Waals surface area (Å²) in [6.07, 6.45) is 0.496. The van der Waals surface area contributed by atoms with Gasteiger partial charge in [0.15, 0.2) is 15.9 Å². The number of ether oxygens (including phenoxy) is 1. The highest BCUT2D eigenvalue weighted by Gasteiger charge is 2.17. The van der Waals surface area contributed by atoms with E-state index in [0.29, 0.717) is 11.3 Å². The van der Waals surface area contributed by atoms with Gasteiger partial charge in [0.05, 0.1) is 4.90 Å². The molecule has 5 heteroatoms. The Morgan fingerprint density at radius 3 is 2.13 bits per heavy atom. The van der Waals surface area contributed by atoms with Crippen LogP contribution in [0.25, 0.3) is 0 Å². The quantitative estimate of drug-likeness (QED) is 0.788. The largest absolute Gasteiger partial charge is 0.483 e. The normalized spacial score (nSPS) is 12.7. The van der Waals surface area contributed by atoms with Crippen LogP contribution in [0.5, 0.6) is 5.75 Å². The topological polar surface area (TPSA) is 60.4 Å². The first kappa shape index (κ1) is 17.2. The van der Waals surface area contributed by atoms with Gasteiger partial charge >= 0.3 is 0 Å². The fourth-order valence-corrected chi connectivity index (χ4v) is 2.78. The molecule has 0 saturated heterocycles. The molecule has 23 heavy (non-hydrogen) atoms. The first-order valence-electron chi connectivity index (χ1n) is 7.27.